The number of nitrogens with zero attached hydrogens (tertiary/aromatic N) is 1. The number of hydrogen-bond acceptors (Lipinski definition) is 3. The van der Waals surface area contributed by atoms with Crippen LogP contribution in [0.2, 0.25) is 18.1 Å². The van der Waals surface area contributed by atoms with Gasteiger partial charge < -0.3 is 4.43 Å². The Labute approximate surface area is 134 Å². The van der Waals surface area contributed by atoms with Gasteiger partial charge in [-0.3, -0.25) is 10.1 Å². The molecule has 0 aliphatic carbocycles. The average Bonchev–Trinajstić information content (AvgIpc) is 2.35. The molecule has 0 unspecified atom stereocenters. The van der Waals surface area contributed by atoms with Crippen molar-refractivity contribution < 1.29 is 22.5 Å². The van der Waals surface area contributed by atoms with Crippen LogP contribution in [0.15, 0.2) is 30.3 Å². The van der Waals surface area contributed by atoms with Gasteiger partial charge in [0, 0.05) is 4.92 Å². The minimum Gasteiger partial charge on any atom is -0.403 e. The SMILES string of the molecule is CC(C)(C)[Si](C)(C)O[C@@H](c1ccccc1)[C@@H]([N+](=O)[O-])C(F)(F)F. The summed E-state index contributed by atoms with van der Waals surface area (Å²) in [5.41, 5.74) is 0.163. The van der Waals surface area contributed by atoms with Gasteiger partial charge in [0.15, 0.2) is 8.32 Å². The van der Waals surface area contributed by atoms with Gasteiger partial charge in [-0.25, -0.2) is 0 Å². The normalized spacial score (nSPS) is 16.0. The lowest BCUT2D eigenvalue weighted by atomic mass is 10.0. The Morgan fingerprint density at radius 2 is 1.61 bits per heavy atom. The van der Waals surface area contributed by atoms with E-state index < -0.39 is 31.6 Å². The van der Waals surface area contributed by atoms with E-state index in [-0.39, 0.29) is 10.6 Å². The third kappa shape index (κ3) is 4.78. The third-order valence-corrected chi connectivity index (χ3v) is 8.66. The predicted molar refractivity (Wildman–Crippen MR) is 84.3 cm³/mol. The van der Waals surface area contributed by atoms with E-state index in [1.807, 2.05) is 20.8 Å². The Kier molecular flexibility index (Phi) is 5.64. The molecule has 0 fully saturated rings. The van der Waals surface area contributed by atoms with Gasteiger partial charge in [-0.2, -0.15) is 13.2 Å². The number of halogens is 3. The minimum atomic E-state index is -4.99. The lowest BCUT2D eigenvalue weighted by Crippen LogP contribution is -2.49. The van der Waals surface area contributed by atoms with Gasteiger partial charge in [-0.15, -0.1) is 0 Å². The van der Waals surface area contributed by atoms with E-state index in [9.17, 15) is 23.3 Å². The quantitative estimate of drug-likeness (QED) is 0.429. The second-order valence-electron chi connectivity index (χ2n) is 6.98. The summed E-state index contributed by atoms with van der Waals surface area (Å²) in [4.78, 5) is 9.82. The van der Waals surface area contributed by atoms with Gasteiger partial charge in [-0.1, -0.05) is 51.1 Å². The molecule has 0 bridgehead atoms. The van der Waals surface area contributed by atoms with E-state index >= 15 is 0 Å². The largest absolute Gasteiger partial charge is 0.460 e. The van der Waals surface area contributed by atoms with E-state index in [4.69, 9.17) is 4.43 Å². The molecule has 0 saturated carbocycles. The van der Waals surface area contributed by atoms with Crippen molar-refractivity contribution in [2.75, 3.05) is 0 Å². The third-order valence-electron chi connectivity index (χ3n) is 4.21. The van der Waals surface area contributed by atoms with Crippen molar-refractivity contribution in [2.24, 2.45) is 0 Å². The molecule has 0 spiro atoms. The van der Waals surface area contributed by atoms with Crippen LogP contribution < -0.4 is 0 Å². The smallest absolute Gasteiger partial charge is 0.403 e. The van der Waals surface area contributed by atoms with Crippen LogP contribution in [-0.2, 0) is 4.43 Å². The highest BCUT2D eigenvalue weighted by atomic mass is 28.4. The second kappa shape index (κ2) is 6.60. The zero-order chi connectivity index (χ0) is 18.1. The van der Waals surface area contributed by atoms with Crippen molar-refractivity contribution in [1.29, 1.82) is 0 Å². The Bertz CT molecular complexity index is 541. The van der Waals surface area contributed by atoms with Crippen LogP contribution in [0, 0.1) is 10.1 Å². The average molecular weight is 349 g/mol. The Morgan fingerprint density at radius 1 is 1.13 bits per heavy atom. The van der Waals surface area contributed by atoms with Gasteiger partial charge in [0.1, 0.15) is 6.10 Å². The van der Waals surface area contributed by atoms with Crippen molar-refractivity contribution in [3.8, 4) is 0 Å². The summed E-state index contributed by atoms with van der Waals surface area (Å²) in [5.74, 6) is 0. The number of nitro groups is 1. The summed E-state index contributed by atoms with van der Waals surface area (Å²) >= 11 is 0. The van der Waals surface area contributed by atoms with Gasteiger partial charge in [0.25, 0.3) is 0 Å². The van der Waals surface area contributed by atoms with Crippen LogP contribution in [0.4, 0.5) is 13.2 Å². The summed E-state index contributed by atoms with van der Waals surface area (Å²) in [6, 6.07) is 4.80. The zero-order valence-corrected chi connectivity index (χ0v) is 14.8. The molecule has 0 saturated heterocycles. The first kappa shape index (κ1) is 19.6. The van der Waals surface area contributed by atoms with Crippen molar-refractivity contribution in [1.82, 2.24) is 0 Å². The summed E-state index contributed by atoms with van der Waals surface area (Å²) < 4.78 is 45.6. The molecule has 1 aromatic rings. The standard InChI is InChI=1S/C15H22F3NO3Si/c1-14(2,3)23(4,5)22-12(11-9-7-6-8-10-11)13(19(20)21)15(16,17)18/h6-10,12-13H,1-5H3/t12-,13+/m0/s1. The monoisotopic (exact) mass is 349 g/mol. The van der Waals surface area contributed by atoms with Crippen LogP contribution in [0.5, 0.6) is 0 Å². The second-order valence-corrected chi connectivity index (χ2v) is 11.7. The first-order valence-electron chi connectivity index (χ1n) is 7.20. The molecule has 0 aromatic heterocycles. The highest BCUT2D eigenvalue weighted by molar-refractivity contribution is 6.74. The fourth-order valence-corrected chi connectivity index (χ4v) is 3.11. The van der Waals surface area contributed by atoms with Gasteiger partial charge >= 0.3 is 12.2 Å². The Hall–Kier alpha value is -1.41. The maximum atomic E-state index is 13.3. The minimum absolute atomic E-state index is 0.163. The van der Waals surface area contributed by atoms with Gasteiger partial charge in [0.05, 0.1) is 0 Å². The number of benzene rings is 1. The van der Waals surface area contributed by atoms with Crippen molar-refractivity contribution in [3.05, 3.63) is 46.0 Å². The number of rotatable bonds is 5. The van der Waals surface area contributed by atoms with Crippen molar-refractivity contribution in [2.45, 2.75) is 57.2 Å². The summed E-state index contributed by atoms with van der Waals surface area (Å²) in [5, 5.41) is 10.7. The molecule has 0 radical (unpaired) electrons. The summed E-state index contributed by atoms with van der Waals surface area (Å²) in [6.45, 7) is 9.16. The fourth-order valence-electron chi connectivity index (χ4n) is 1.85. The molecule has 0 N–H and O–H groups in total. The molecular weight excluding hydrogens is 327 g/mol. The molecule has 0 aliphatic heterocycles. The molecule has 0 amide bonds. The molecular formula is C15H22F3NO3Si. The van der Waals surface area contributed by atoms with Crippen molar-refractivity contribution >= 4 is 8.32 Å². The van der Waals surface area contributed by atoms with E-state index in [1.54, 1.807) is 31.3 Å². The highest BCUT2D eigenvalue weighted by Gasteiger charge is 2.57. The maximum absolute atomic E-state index is 13.3. The maximum Gasteiger partial charge on any atom is 0.460 e. The van der Waals surface area contributed by atoms with E-state index in [0.29, 0.717) is 0 Å². The van der Waals surface area contributed by atoms with Crippen LogP contribution in [0.3, 0.4) is 0 Å². The zero-order valence-electron chi connectivity index (χ0n) is 13.8. The van der Waals surface area contributed by atoms with Gasteiger partial charge in [-0.05, 0) is 23.7 Å². The molecule has 0 heterocycles. The van der Waals surface area contributed by atoms with E-state index in [2.05, 4.69) is 0 Å². The van der Waals surface area contributed by atoms with E-state index in [1.165, 1.54) is 12.1 Å². The van der Waals surface area contributed by atoms with Crippen LogP contribution in [0.25, 0.3) is 0 Å². The lowest BCUT2D eigenvalue weighted by molar-refractivity contribution is -0.574. The van der Waals surface area contributed by atoms with E-state index in [0.717, 1.165) is 0 Å². The summed E-state index contributed by atoms with van der Waals surface area (Å²) in [7, 11) is -2.64. The van der Waals surface area contributed by atoms with Crippen LogP contribution in [0.1, 0.15) is 32.4 Å². The predicted octanol–water partition coefficient (Wildman–Crippen LogP) is 4.96. The molecule has 8 heteroatoms. The molecule has 2 atom stereocenters. The number of alkyl halides is 3. The molecule has 130 valence electrons. The van der Waals surface area contributed by atoms with Crippen LogP contribution in [-0.4, -0.2) is 25.5 Å². The Morgan fingerprint density at radius 3 is 1.96 bits per heavy atom. The fraction of sp³-hybridized carbons (Fsp3) is 0.600. The number of hydrogen-bond donors (Lipinski definition) is 0. The molecule has 23 heavy (non-hydrogen) atoms. The van der Waals surface area contributed by atoms with Crippen LogP contribution >= 0.6 is 0 Å². The first-order chi connectivity index (χ1) is 10.3. The molecule has 4 nitrogen and oxygen atoms in total. The molecule has 0 aliphatic rings. The first-order valence-corrected chi connectivity index (χ1v) is 10.1. The molecule has 1 rings (SSSR count). The molecule has 1 aromatic carbocycles. The Balaban J connectivity index is 3.37. The van der Waals surface area contributed by atoms with Crippen molar-refractivity contribution in [3.63, 3.8) is 0 Å². The lowest BCUT2D eigenvalue weighted by Gasteiger charge is -2.39. The highest BCUT2D eigenvalue weighted by Crippen LogP contribution is 2.43. The summed E-state index contributed by atoms with van der Waals surface area (Å²) in [6.07, 6.45) is -6.65. The topological polar surface area (TPSA) is 52.4 Å². The van der Waals surface area contributed by atoms with Gasteiger partial charge in [0.2, 0.25) is 0 Å².